The number of rotatable bonds is 1. The van der Waals surface area contributed by atoms with Crippen LogP contribution in [0.5, 0.6) is 5.75 Å². The Morgan fingerprint density at radius 3 is 3.07 bits per heavy atom. The van der Waals surface area contributed by atoms with Crippen LogP contribution in [-0.2, 0) is 0 Å². The van der Waals surface area contributed by atoms with Gasteiger partial charge in [0.1, 0.15) is 12.2 Å². The summed E-state index contributed by atoms with van der Waals surface area (Å²) in [6.45, 7) is 2.45. The largest absolute Gasteiger partial charge is 0.483 e. The Bertz CT molecular complexity index is 411. The van der Waals surface area contributed by atoms with Crippen molar-refractivity contribution in [3.05, 3.63) is 23.8 Å². The van der Waals surface area contributed by atoms with Crippen LogP contribution in [0.25, 0.3) is 0 Å². The van der Waals surface area contributed by atoms with E-state index in [9.17, 15) is 0 Å². The Labute approximate surface area is 88.6 Å². The number of anilines is 1. The summed E-state index contributed by atoms with van der Waals surface area (Å²) in [6, 6.07) is 7.75. The lowest BCUT2D eigenvalue weighted by molar-refractivity contribution is 0.182. The first kappa shape index (κ1) is 9.81. The van der Waals surface area contributed by atoms with Gasteiger partial charge in [-0.25, -0.2) is 0 Å². The second-order valence-electron chi connectivity index (χ2n) is 3.62. The number of benzene rings is 1. The number of nitrogens with two attached hydrogens (primary N) is 1. The molecule has 4 heteroatoms. The molecule has 1 aliphatic heterocycles. The summed E-state index contributed by atoms with van der Waals surface area (Å²) < 4.78 is 5.71. The standard InChI is InChI=1S/C11H13N3O/c1-7-10(6-13)15-11-8(5-12)3-2-4-9(11)14-7/h2-4,7,10,14H,6,13H2,1H3. The van der Waals surface area contributed by atoms with Crippen molar-refractivity contribution in [2.45, 2.75) is 19.1 Å². The predicted octanol–water partition coefficient (Wildman–Crippen LogP) is 1.08. The molecule has 4 nitrogen and oxygen atoms in total. The highest BCUT2D eigenvalue weighted by molar-refractivity contribution is 5.65. The van der Waals surface area contributed by atoms with E-state index in [0.29, 0.717) is 17.9 Å². The van der Waals surface area contributed by atoms with Gasteiger partial charge >= 0.3 is 0 Å². The van der Waals surface area contributed by atoms with Crippen molar-refractivity contribution in [2.75, 3.05) is 11.9 Å². The minimum atomic E-state index is -0.0769. The number of ether oxygens (including phenoxy) is 1. The lowest BCUT2D eigenvalue weighted by Crippen LogP contribution is -2.44. The van der Waals surface area contributed by atoms with E-state index >= 15 is 0 Å². The minimum absolute atomic E-state index is 0.0769. The highest BCUT2D eigenvalue weighted by Gasteiger charge is 2.26. The molecule has 2 atom stereocenters. The molecule has 1 aromatic rings. The molecule has 2 rings (SSSR count). The Morgan fingerprint density at radius 1 is 1.60 bits per heavy atom. The monoisotopic (exact) mass is 203 g/mol. The van der Waals surface area contributed by atoms with Gasteiger partial charge in [-0.1, -0.05) is 6.07 Å². The van der Waals surface area contributed by atoms with Gasteiger partial charge in [0.15, 0.2) is 5.75 Å². The Hall–Kier alpha value is -1.73. The molecule has 0 saturated carbocycles. The van der Waals surface area contributed by atoms with Crippen LogP contribution in [0.15, 0.2) is 18.2 Å². The van der Waals surface area contributed by atoms with E-state index in [4.69, 9.17) is 15.7 Å². The molecule has 1 aromatic carbocycles. The summed E-state index contributed by atoms with van der Waals surface area (Å²) in [5, 5.41) is 12.2. The van der Waals surface area contributed by atoms with Crippen molar-refractivity contribution < 1.29 is 4.74 Å². The Morgan fingerprint density at radius 2 is 2.40 bits per heavy atom. The van der Waals surface area contributed by atoms with Gasteiger partial charge in [-0.2, -0.15) is 5.26 Å². The maximum absolute atomic E-state index is 8.93. The van der Waals surface area contributed by atoms with Crippen LogP contribution < -0.4 is 15.8 Å². The molecule has 0 spiro atoms. The fourth-order valence-corrected chi connectivity index (χ4v) is 1.71. The number of hydrogen-bond acceptors (Lipinski definition) is 4. The third-order valence-electron chi connectivity index (χ3n) is 2.58. The smallest absolute Gasteiger partial charge is 0.160 e. The first-order valence-electron chi connectivity index (χ1n) is 4.92. The van der Waals surface area contributed by atoms with Gasteiger partial charge in [0.05, 0.1) is 17.3 Å². The van der Waals surface area contributed by atoms with Crippen LogP contribution in [0.3, 0.4) is 0 Å². The van der Waals surface area contributed by atoms with E-state index in [1.807, 2.05) is 19.1 Å². The fourth-order valence-electron chi connectivity index (χ4n) is 1.71. The van der Waals surface area contributed by atoms with Crippen molar-refractivity contribution >= 4 is 5.69 Å². The van der Waals surface area contributed by atoms with Crippen LogP contribution >= 0.6 is 0 Å². The van der Waals surface area contributed by atoms with Gasteiger partial charge in [0.2, 0.25) is 0 Å². The zero-order valence-electron chi connectivity index (χ0n) is 8.53. The van der Waals surface area contributed by atoms with E-state index in [1.165, 1.54) is 0 Å². The fraction of sp³-hybridized carbons (Fsp3) is 0.364. The molecule has 0 aromatic heterocycles. The minimum Gasteiger partial charge on any atom is -0.483 e. The maximum atomic E-state index is 8.93. The van der Waals surface area contributed by atoms with Crippen LogP contribution in [0, 0.1) is 11.3 Å². The van der Waals surface area contributed by atoms with Crippen molar-refractivity contribution in [1.82, 2.24) is 0 Å². The molecular formula is C11H13N3O. The molecule has 0 saturated heterocycles. The number of fused-ring (bicyclic) bond motifs is 1. The second kappa shape index (κ2) is 3.79. The van der Waals surface area contributed by atoms with E-state index in [2.05, 4.69) is 11.4 Å². The van der Waals surface area contributed by atoms with Gasteiger partial charge in [0.25, 0.3) is 0 Å². The van der Waals surface area contributed by atoms with E-state index < -0.39 is 0 Å². The van der Waals surface area contributed by atoms with Crippen LogP contribution in [-0.4, -0.2) is 18.7 Å². The average molecular weight is 203 g/mol. The van der Waals surface area contributed by atoms with E-state index in [1.54, 1.807) is 6.07 Å². The molecule has 0 fully saturated rings. The van der Waals surface area contributed by atoms with Crippen molar-refractivity contribution in [3.63, 3.8) is 0 Å². The molecule has 0 radical (unpaired) electrons. The zero-order valence-corrected chi connectivity index (χ0v) is 8.53. The maximum Gasteiger partial charge on any atom is 0.160 e. The molecule has 78 valence electrons. The molecule has 3 N–H and O–H groups in total. The summed E-state index contributed by atoms with van der Waals surface area (Å²) in [4.78, 5) is 0. The summed E-state index contributed by atoms with van der Waals surface area (Å²) in [5.41, 5.74) is 7.01. The number of nitriles is 1. The zero-order chi connectivity index (χ0) is 10.8. The average Bonchev–Trinajstić information content (AvgIpc) is 2.27. The highest BCUT2D eigenvalue weighted by Crippen LogP contribution is 2.33. The molecule has 0 aliphatic carbocycles. The third-order valence-corrected chi connectivity index (χ3v) is 2.58. The summed E-state index contributed by atoms with van der Waals surface area (Å²) in [7, 11) is 0. The van der Waals surface area contributed by atoms with Gasteiger partial charge in [-0.05, 0) is 19.1 Å². The number of nitrogens with zero attached hydrogens (tertiary/aromatic N) is 1. The summed E-state index contributed by atoms with van der Waals surface area (Å²) >= 11 is 0. The quantitative estimate of drug-likeness (QED) is 0.716. The van der Waals surface area contributed by atoms with Gasteiger partial charge in [0, 0.05) is 6.54 Å². The van der Waals surface area contributed by atoms with Gasteiger partial charge in [-0.15, -0.1) is 0 Å². The van der Waals surface area contributed by atoms with E-state index in [-0.39, 0.29) is 12.1 Å². The molecule has 0 amide bonds. The first-order chi connectivity index (χ1) is 7.26. The molecular weight excluding hydrogens is 190 g/mol. The van der Waals surface area contributed by atoms with Gasteiger partial charge < -0.3 is 15.8 Å². The highest BCUT2D eigenvalue weighted by atomic mass is 16.5. The van der Waals surface area contributed by atoms with Crippen LogP contribution in [0.2, 0.25) is 0 Å². The van der Waals surface area contributed by atoms with Crippen LogP contribution in [0.4, 0.5) is 5.69 Å². The lowest BCUT2D eigenvalue weighted by Gasteiger charge is -2.32. The van der Waals surface area contributed by atoms with Crippen molar-refractivity contribution in [3.8, 4) is 11.8 Å². The molecule has 2 unspecified atom stereocenters. The molecule has 0 bridgehead atoms. The van der Waals surface area contributed by atoms with Crippen molar-refractivity contribution in [1.29, 1.82) is 5.26 Å². The van der Waals surface area contributed by atoms with Crippen LogP contribution in [0.1, 0.15) is 12.5 Å². The Balaban J connectivity index is 2.41. The van der Waals surface area contributed by atoms with Crippen molar-refractivity contribution in [2.24, 2.45) is 5.73 Å². The lowest BCUT2D eigenvalue weighted by atomic mass is 10.1. The van der Waals surface area contributed by atoms with Gasteiger partial charge in [-0.3, -0.25) is 0 Å². The number of para-hydroxylation sites is 1. The summed E-state index contributed by atoms with van der Waals surface area (Å²) in [6.07, 6.45) is -0.0769. The predicted molar refractivity (Wildman–Crippen MR) is 57.7 cm³/mol. The number of hydrogen-bond donors (Lipinski definition) is 2. The topological polar surface area (TPSA) is 71.1 Å². The first-order valence-corrected chi connectivity index (χ1v) is 4.92. The molecule has 1 heterocycles. The van der Waals surface area contributed by atoms with E-state index in [0.717, 1.165) is 5.69 Å². The molecule has 1 aliphatic rings. The summed E-state index contributed by atoms with van der Waals surface area (Å²) in [5.74, 6) is 0.619. The Kier molecular flexibility index (Phi) is 2.48. The normalized spacial score (nSPS) is 23.3. The third kappa shape index (κ3) is 1.62. The SMILES string of the molecule is CC1Nc2cccc(C#N)c2OC1CN. The molecule has 15 heavy (non-hydrogen) atoms. The second-order valence-corrected chi connectivity index (χ2v) is 3.62. The number of nitrogens with one attached hydrogen (secondary N) is 1.